The summed E-state index contributed by atoms with van der Waals surface area (Å²) in [6, 6.07) is 5.95. The fourth-order valence-corrected chi connectivity index (χ4v) is 2.71. The van der Waals surface area contributed by atoms with E-state index in [-0.39, 0.29) is 11.8 Å². The summed E-state index contributed by atoms with van der Waals surface area (Å²) in [7, 11) is 0. The van der Waals surface area contributed by atoms with Gasteiger partial charge in [0.25, 0.3) is 0 Å². The first-order valence-corrected chi connectivity index (χ1v) is 5.99. The Hall–Kier alpha value is -1.84. The number of hydrazone groups is 1. The number of aryl methyl sites for hydroxylation is 1. The van der Waals surface area contributed by atoms with E-state index in [9.17, 15) is 4.79 Å². The predicted octanol–water partition coefficient (Wildman–Crippen LogP) is 1.45. The molecule has 0 fully saturated rings. The third-order valence-electron chi connectivity index (χ3n) is 3.52. The Morgan fingerprint density at radius 3 is 3.18 bits per heavy atom. The van der Waals surface area contributed by atoms with Crippen molar-refractivity contribution >= 4 is 17.3 Å². The molecule has 88 valence electrons. The van der Waals surface area contributed by atoms with Crippen LogP contribution in [-0.2, 0) is 11.2 Å². The molecule has 1 heterocycles. The molecule has 1 atom stereocenters. The van der Waals surface area contributed by atoms with Gasteiger partial charge in [-0.05, 0) is 37.0 Å². The van der Waals surface area contributed by atoms with Crippen molar-refractivity contribution in [2.75, 3.05) is 5.73 Å². The Morgan fingerprint density at radius 2 is 2.29 bits per heavy atom. The van der Waals surface area contributed by atoms with Gasteiger partial charge in [-0.1, -0.05) is 6.07 Å². The van der Waals surface area contributed by atoms with Crippen molar-refractivity contribution in [1.29, 1.82) is 0 Å². The van der Waals surface area contributed by atoms with Gasteiger partial charge in [-0.2, -0.15) is 5.10 Å². The number of rotatable bonds is 0. The van der Waals surface area contributed by atoms with E-state index in [1.165, 1.54) is 5.56 Å². The van der Waals surface area contributed by atoms with Gasteiger partial charge in [-0.15, -0.1) is 0 Å². The Balaban J connectivity index is 2.10. The summed E-state index contributed by atoms with van der Waals surface area (Å²) in [4.78, 5) is 11.4. The first kappa shape index (κ1) is 10.3. The zero-order chi connectivity index (χ0) is 11.8. The van der Waals surface area contributed by atoms with Crippen molar-refractivity contribution in [2.24, 2.45) is 11.0 Å². The van der Waals surface area contributed by atoms with Gasteiger partial charge in [0.15, 0.2) is 0 Å². The number of hydrogen-bond donors (Lipinski definition) is 2. The Bertz CT molecular complexity index is 507. The van der Waals surface area contributed by atoms with Crippen LogP contribution < -0.4 is 11.2 Å². The maximum absolute atomic E-state index is 11.4. The lowest BCUT2D eigenvalue weighted by molar-refractivity contribution is -0.122. The maximum Gasteiger partial charge on any atom is 0.240 e. The molecule has 0 bridgehead atoms. The lowest BCUT2D eigenvalue weighted by Gasteiger charge is -2.21. The van der Waals surface area contributed by atoms with Crippen LogP contribution in [0.1, 0.15) is 30.4 Å². The van der Waals surface area contributed by atoms with Crippen molar-refractivity contribution in [3.8, 4) is 0 Å². The highest BCUT2D eigenvalue weighted by atomic mass is 16.2. The van der Waals surface area contributed by atoms with Crippen molar-refractivity contribution in [2.45, 2.75) is 25.7 Å². The van der Waals surface area contributed by atoms with Gasteiger partial charge >= 0.3 is 0 Å². The number of hydrogen-bond acceptors (Lipinski definition) is 3. The fourth-order valence-electron chi connectivity index (χ4n) is 2.71. The Kier molecular flexibility index (Phi) is 2.35. The molecular formula is C13H15N3O. The van der Waals surface area contributed by atoms with Gasteiger partial charge < -0.3 is 5.73 Å². The summed E-state index contributed by atoms with van der Waals surface area (Å²) in [5.41, 5.74) is 12.6. The average molecular weight is 229 g/mol. The second-order valence-electron chi connectivity index (χ2n) is 4.74. The van der Waals surface area contributed by atoms with E-state index in [4.69, 9.17) is 5.73 Å². The van der Waals surface area contributed by atoms with Gasteiger partial charge in [0, 0.05) is 23.6 Å². The molecule has 0 saturated carbocycles. The number of benzene rings is 1. The molecule has 4 heteroatoms. The normalized spacial score (nSPS) is 22.9. The number of nitrogens with zero attached hydrogens (tertiary/aromatic N) is 1. The SMILES string of the molecule is Nc1ccc2c(c1)CCC[C@@H]1CC(=O)NN=C21. The summed E-state index contributed by atoms with van der Waals surface area (Å²) in [5.74, 6) is 0.297. The summed E-state index contributed by atoms with van der Waals surface area (Å²) in [6.07, 6.45) is 3.70. The number of amides is 1. The summed E-state index contributed by atoms with van der Waals surface area (Å²) in [6.45, 7) is 0. The van der Waals surface area contributed by atoms with Gasteiger partial charge in [-0.3, -0.25) is 4.79 Å². The van der Waals surface area contributed by atoms with E-state index >= 15 is 0 Å². The molecule has 4 nitrogen and oxygen atoms in total. The predicted molar refractivity (Wildman–Crippen MR) is 66.6 cm³/mol. The molecule has 17 heavy (non-hydrogen) atoms. The zero-order valence-electron chi connectivity index (χ0n) is 9.57. The van der Waals surface area contributed by atoms with Crippen LogP contribution in [0.4, 0.5) is 5.69 Å². The van der Waals surface area contributed by atoms with Gasteiger partial charge in [0.1, 0.15) is 0 Å². The number of carbonyl (C=O) groups excluding carboxylic acids is 1. The monoisotopic (exact) mass is 229 g/mol. The lowest BCUT2D eigenvalue weighted by Crippen LogP contribution is -2.33. The molecule has 1 aromatic rings. The number of carbonyl (C=O) groups is 1. The second-order valence-corrected chi connectivity index (χ2v) is 4.74. The van der Waals surface area contributed by atoms with Crippen molar-refractivity contribution in [3.05, 3.63) is 29.3 Å². The van der Waals surface area contributed by atoms with Gasteiger partial charge in [0.05, 0.1) is 5.71 Å². The van der Waals surface area contributed by atoms with Crippen LogP contribution in [0.3, 0.4) is 0 Å². The van der Waals surface area contributed by atoms with Crippen molar-refractivity contribution in [3.63, 3.8) is 0 Å². The maximum atomic E-state index is 11.4. The second kappa shape index (κ2) is 3.87. The first-order chi connectivity index (χ1) is 8.24. The molecule has 1 amide bonds. The van der Waals surface area contributed by atoms with E-state index < -0.39 is 0 Å². The van der Waals surface area contributed by atoms with Gasteiger partial charge in [-0.25, -0.2) is 5.43 Å². The molecule has 2 aliphatic rings. The van der Waals surface area contributed by atoms with E-state index in [2.05, 4.69) is 10.5 Å². The molecule has 0 radical (unpaired) electrons. The molecule has 0 saturated heterocycles. The average Bonchev–Trinajstić information content (AvgIpc) is 2.47. The molecule has 0 unspecified atom stereocenters. The van der Waals surface area contributed by atoms with Crippen LogP contribution in [0, 0.1) is 5.92 Å². The smallest absolute Gasteiger partial charge is 0.240 e. The number of nitrogens with two attached hydrogens (primary N) is 1. The molecule has 0 spiro atoms. The highest BCUT2D eigenvalue weighted by molar-refractivity contribution is 6.07. The zero-order valence-corrected chi connectivity index (χ0v) is 9.57. The molecule has 1 aliphatic carbocycles. The molecule has 3 rings (SSSR count). The van der Waals surface area contributed by atoms with Crippen LogP contribution in [0.5, 0.6) is 0 Å². The summed E-state index contributed by atoms with van der Waals surface area (Å²) < 4.78 is 0. The minimum atomic E-state index is 0.0256. The third kappa shape index (κ3) is 1.79. The van der Waals surface area contributed by atoms with Crippen molar-refractivity contribution in [1.82, 2.24) is 5.43 Å². The van der Waals surface area contributed by atoms with E-state index in [0.29, 0.717) is 6.42 Å². The molecule has 0 aromatic heterocycles. The number of nitrogens with one attached hydrogen (secondary N) is 1. The minimum Gasteiger partial charge on any atom is -0.399 e. The lowest BCUT2D eigenvalue weighted by atomic mass is 9.90. The standard InChI is InChI=1S/C13H15N3O/c14-10-4-5-11-8(6-10)2-1-3-9-7-12(17)15-16-13(9)11/h4-6,9H,1-3,7,14H2,(H,15,17)/t9-/m1/s1. The number of anilines is 1. The number of fused-ring (bicyclic) bond motifs is 3. The summed E-state index contributed by atoms with van der Waals surface area (Å²) >= 11 is 0. The van der Waals surface area contributed by atoms with Gasteiger partial charge in [0.2, 0.25) is 5.91 Å². The van der Waals surface area contributed by atoms with Crippen LogP contribution in [0.15, 0.2) is 23.3 Å². The Morgan fingerprint density at radius 1 is 1.41 bits per heavy atom. The first-order valence-electron chi connectivity index (χ1n) is 5.99. The van der Waals surface area contributed by atoms with Crippen molar-refractivity contribution < 1.29 is 4.79 Å². The van der Waals surface area contributed by atoms with Crippen LogP contribution in [-0.4, -0.2) is 11.6 Å². The Labute approximate surface area is 99.9 Å². The third-order valence-corrected chi connectivity index (χ3v) is 3.52. The molecular weight excluding hydrogens is 214 g/mol. The quantitative estimate of drug-likeness (QED) is 0.661. The van der Waals surface area contributed by atoms with Crippen LogP contribution in [0.2, 0.25) is 0 Å². The minimum absolute atomic E-state index is 0.0256. The van der Waals surface area contributed by atoms with Crippen LogP contribution in [0.25, 0.3) is 0 Å². The van der Waals surface area contributed by atoms with E-state index in [0.717, 1.165) is 36.2 Å². The van der Waals surface area contributed by atoms with E-state index in [1.54, 1.807) is 0 Å². The van der Waals surface area contributed by atoms with E-state index in [1.807, 2.05) is 18.2 Å². The molecule has 3 N–H and O–H groups in total. The highest BCUT2D eigenvalue weighted by Gasteiger charge is 2.28. The summed E-state index contributed by atoms with van der Waals surface area (Å²) in [5, 5.41) is 4.24. The van der Waals surface area contributed by atoms with Crippen LogP contribution >= 0.6 is 0 Å². The fraction of sp³-hybridized carbons (Fsp3) is 0.385. The molecule has 1 aromatic carbocycles. The highest BCUT2D eigenvalue weighted by Crippen LogP contribution is 2.29. The largest absolute Gasteiger partial charge is 0.399 e. The molecule has 1 aliphatic heterocycles. The number of nitrogen functional groups attached to an aromatic ring is 1. The topological polar surface area (TPSA) is 67.5 Å².